The van der Waals surface area contributed by atoms with Crippen LogP contribution >= 0.6 is 39.1 Å². The lowest BCUT2D eigenvalue weighted by Gasteiger charge is -2.12. The van der Waals surface area contributed by atoms with Crippen molar-refractivity contribution in [3.63, 3.8) is 0 Å². The number of amides is 1. The predicted octanol–water partition coefficient (Wildman–Crippen LogP) is 5.79. The van der Waals surface area contributed by atoms with E-state index in [9.17, 15) is 13.2 Å². The zero-order valence-corrected chi connectivity index (χ0v) is 19.7. The highest BCUT2D eigenvalue weighted by atomic mass is 79.9. The summed E-state index contributed by atoms with van der Waals surface area (Å²) in [5.41, 5.74) is 2.33. The third kappa shape index (κ3) is 5.40. The molecule has 0 fully saturated rings. The Hall–Kier alpha value is -1.93. The first kappa shape index (κ1) is 22.7. The molecule has 0 atom stereocenters. The standard InChI is InChI=1S/C21H17BrCl2N2O3S/c1-2-30(28,29)17-7-3-13(4-8-17)21-18(23)9-16(10-19(21)24)26-20(27)11-15-6-5-14(22)12-25-15/h3-10,12H,2,11H2,1H3,(H,26,27). The summed E-state index contributed by atoms with van der Waals surface area (Å²) in [5.74, 6) is -0.225. The molecule has 1 amide bonds. The van der Waals surface area contributed by atoms with E-state index in [1.807, 2.05) is 6.07 Å². The molecule has 0 aliphatic heterocycles. The van der Waals surface area contributed by atoms with Crippen LogP contribution < -0.4 is 5.32 Å². The molecule has 30 heavy (non-hydrogen) atoms. The SMILES string of the molecule is CCS(=O)(=O)c1ccc(-c2c(Cl)cc(NC(=O)Cc3ccc(Br)cn3)cc2Cl)cc1. The van der Waals surface area contributed by atoms with Crippen molar-refractivity contribution in [2.24, 2.45) is 0 Å². The molecule has 1 aromatic heterocycles. The molecule has 0 bridgehead atoms. The molecule has 3 rings (SSSR count). The van der Waals surface area contributed by atoms with Crippen LogP contribution in [0.25, 0.3) is 11.1 Å². The second-order valence-electron chi connectivity index (χ2n) is 6.44. The number of hydrogen-bond donors (Lipinski definition) is 1. The molecule has 0 aliphatic carbocycles. The minimum absolute atomic E-state index is 0.0258. The first-order valence-corrected chi connectivity index (χ1v) is 12.1. The van der Waals surface area contributed by atoms with E-state index in [-0.39, 0.29) is 23.0 Å². The van der Waals surface area contributed by atoms with E-state index in [2.05, 4.69) is 26.2 Å². The number of nitrogens with one attached hydrogen (secondary N) is 1. The van der Waals surface area contributed by atoms with E-state index in [0.717, 1.165) is 4.47 Å². The van der Waals surface area contributed by atoms with Gasteiger partial charge < -0.3 is 5.32 Å². The molecule has 0 aliphatic rings. The lowest BCUT2D eigenvalue weighted by molar-refractivity contribution is -0.115. The number of anilines is 1. The summed E-state index contributed by atoms with van der Waals surface area (Å²) in [6, 6.07) is 13.2. The van der Waals surface area contributed by atoms with Gasteiger partial charge in [-0.15, -0.1) is 0 Å². The molecule has 0 radical (unpaired) electrons. The first-order chi connectivity index (χ1) is 14.2. The summed E-state index contributed by atoms with van der Waals surface area (Å²) in [7, 11) is -3.29. The van der Waals surface area contributed by atoms with Crippen molar-refractivity contribution in [3.05, 3.63) is 74.9 Å². The number of sulfone groups is 1. The Balaban J connectivity index is 1.80. The second kappa shape index (κ2) is 9.47. The van der Waals surface area contributed by atoms with Crippen LogP contribution in [0.4, 0.5) is 5.69 Å². The lowest BCUT2D eigenvalue weighted by Crippen LogP contribution is -2.15. The van der Waals surface area contributed by atoms with E-state index in [1.165, 1.54) is 12.1 Å². The van der Waals surface area contributed by atoms with E-state index in [0.29, 0.717) is 32.6 Å². The van der Waals surface area contributed by atoms with Crippen LogP contribution in [0.2, 0.25) is 10.0 Å². The Morgan fingerprint density at radius 2 is 1.70 bits per heavy atom. The quantitative estimate of drug-likeness (QED) is 0.440. The van der Waals surface area contributed by atoms with E-state index in [4.69, 9.17) is 23.2 Å². The third-order valence-electron chi connectivity index (χ3n) is 4.34. The molecule has 5 nitrogen and oxygen atoms in total. The van der Waals surface area contributed by atoms with Crippen LogP contribution in [-0.2, 0) is 21.1 Å². The van der Waals surface area contributed by atoms with Crippen LogP contribution in [0.1, 0.15) is 12.6 Å². The molecule has 156 valence electrons. The Morgan fingerprint density at radius 3 is 2.23 bits per heavy atom. The molecule has 1 N–H and O–H groups in total. The first-order valence-electron chi connectivity index (χ1n) is 8.92. The van der Waals surface area contributed by atoms with E-state index < -0.39 is 9.84 Å². The summed E-state index contributed by atoms with van der Waals surface area (Å²) in [4.78, 5) is 16.7. The highest BCUT2D eigenvalue weighted by molar-refractivity contribution is 9.10. The molecular weight excluding hydrogens is 511 g/mol. The van der Waals surface area contributed by atoms with Crippen molar-refractivity contribution in [1.82, 2.24) is 4.98 Å². The van der Waals surface area contributed by atoms with Gasteiger partial charge in [-0.1, -0.05) is 42.3 Å². The van der Waals surface area contributed by atoms with E-state index >= 15 is 0 Å². The number of benzene rings is 2. The summed E-state index contributed by atoms with van der Waals surface area (Å²) in [6.07, 6.45) is 1.74. The number of pyridine rings is 1. The topological polar surface area (TPSA) is 76.1 Å². The van der Waals surface area contributed by atoms with Gasteiger partial charge in [0.25, 0.3) is 0 Å². The van der Waals surface area contributed by atoms with Crippen molar-refractivity contribution in [2.45, 2.75) is 18.2 Å². The highest BCUT2D eigenvalue weighted by Crippen LogP contribution is 2.37. The minimum Gasteiger partial charge on any atom is -0.326 e. The fourth-order valence-corrected chi connectivity index (χ4v) is 4.62. The van der Waals surface area contributed by atoms with Gasteiger partial charge in [0.05, 0.1) is 27.1 Å². The van der Waals surface area contributed by atoms with Gasteiger partial charge in [-0.3, -0.25) is 9.78 Å². The molecule has 0 saturated carbocycles. The highest BCUT2D eigenvalue weighted by Gasteiger charge is 2.15. The molecule has 1 heterocycles. The van der Waals surface area contributed by atoms with Crippen LogP contribution in [0.15, 0.2) is 64.1 Å². The largest absolute Gasteiger partial charge is 0.326 e. The van der Waals surface area contributed by atoms with Gasteiger partial charge in [-0.05, 0) is 57.9 Å². The fraction of sp³-hybridized carbons (Fsp3) is 0.143. The maximum absolute atomic E-state index is 12.3. The Morgan fingerprint density at radius 1 is 1.07 bits per heavy atom. The lowest BCUT2D eigenvalue weighted by atomic mass is 10.0. The molecule has 0 saturated heterocycles. The number of carbonyl (C=O) groups is 1. The maximum atomic E-state index is 12.3. The normalized spacial score (nSPS) is 11.3. The Bertz CT molecular complexity index is 1160. The third-order valence-corrected chi connectivity index (χ3v) is 7.15. The maximum Gasteiger partial charge on any atom is 0.230 e. The van der Waals surface area contributed by atoms with Gasteiger partial charge in [-0.2, -0.15) is 0 Å². The van der Waals surface area contributed by atoms with Gasteiger partial charge in [0.15, 0.2) is 9.84 Å². The number of rotatable bonds is 6. The van der Waals surface area contributed by atoms with Crippen molar-refractivity contribution in [2.75, 3.05) is 11.1 Å². The summed E-state index contributed by atoms with van der Waals surface area (Å²) in [5, 5.41) is 3.44. The van der Waals surface area contributed by atoms with Crippen molar-refractivity contribution >= 4 is 60.6 Å². The smallest absolute Gasteiger partial charge is 0.230 e. The number of nitrogens with zero attached hydrogens (tertiary/aromatic N) is 1. The van der Waals surface area contributed by atoms with Gasteiger partial charge in [0.1, 0.15) is 0 Å². The number of halogens is 3. The monoisotopic (exact) mass is 526 g/mol. The van der Waals surface area contributed by atoms with Crippen LogP contribution in [-0.4, -0.2) is 25.1 Å². The zero-order chi connectivity index (χ0) is 21.9. The van der Waals surface area contributed by atoms with Crippen LogP contribution in [0.3, 0.4) is 0 Å². The second-order valence-corrected chi connectivity index (χ2v) is 10.4. The van der Waals surface area contributed by atoms with E-state index in [1.54, 1.807) is 43.5 Å². The van der Waals surface area contributed by atoms with Crippen molar-refractivity contribution in [1.29, 1.82) is 0 Å². The number of aromatic nitrogens is 1. The van der Waals surface area contributed by atoms with Crippen LogP contribution in [0.5, 0.6) is 0 Å². The molecular formula is C21H17BrCl2N2O3S. The molecule has 3 aromatic rings. The van der Waals surface area contributed by atoms with Crippen LogP contribution in [0, 0.1) is 0 Å². The summed E-state index contributed by atoms with van der Waals surface area (Å²) >= 11 is 16.1. The van der Waals surface area contributed by atoms with Gasteiger partial charge in [0, 0.05) is 27.6 Å². The number of hydrogen-bond acceptors (Lipinski definition) is 4. The molecule has 2 aromatic carbocycles. The predicted molar refractivity (Wildman–Crippen MR) is 124 cm³/mol. The summed E-state index contributed by atoms with van der Waals surface area (Å²) < 4.78 is 24.8. The minimum atomic E-state index is -3.29. The zero-order valence-electron chi connectivity index (χ0n) is 15.8. The van der Waals surface area contributed by atoms with Gasteiger partial charge >= 0.3 is 0 Å². The number of carbonyl (C=O) groups excluding carboxylic acids is 1. The molecule has 0 unspecified atom stereocenters. The molecule has 9 heteroatoms. The Labute approximate surface area is 193 Å². The van der Waals surface area contributed by atoms with Gasteiger partial charge in [-0.25, -0.2) is 8.42 Å². The van der Waals surface area contributed by atoms with Crippen molar-refractivity contribution < 1.29 is 13.2 Å². The molecule has 0 spiro atoms. The van der Waals surface area contributed by atoms with Gasteiger partial charge in [0.2, 0.25) is 5.91 Å². The fourth-order valence-electron chi connectivity index (χ4n) is 2.80. The Kier molecular flexibility index (Phi) is 7.18. The van der Waals surface area contributed by atoms with Crippen molar-refractivity contribution in [3.8, 4) is 11.1 Å². The summed E-state index contributed by atoms with van der Waals surface area (Å²) in [6.45, 7) is 1.59. The average molecular weight is 528 g/mol. The average Bonchev–Trinajstić information content (AvgIpc) is 2.69.